The summed E-state index contributed by atoms with van der Waals surface area (Å²) < 4.78 is 6.57. The Morgan fingerprint density at radius 1 is 0.970 bits per heavy atom. The number of amides is 1. The van der Waals surface area contributed by atoms with Crippen molar-refractivity contribution in [3.05, 3.63) is 100 Å². The van der Waals surface area contributed by atoms with Crippen LogP contribution >= 0.6 is 15.9 Å². The number of hydrogen-bond donors (Lipinski definition) is 1. The lowest BCUT2D eigenvalue weighted by Crippen LogP contribution is -2.29. The van der Waals surface area contributed by atoms with Gasteiger partial charge < -0.3 is 9.84 Å². The number of carbonyl (C=O) groups is 2. The Kier molecular flexibility index (Phi) is 6.65. The Balaban J connectivity index is 1.79. The van der Waals surface area contributed by atoms with Gasteiger partial charge in [0.2, 0.25) is 0 Å². The molecule has 3 aromatic rings. The number of benzene rings is 3. The topological polar surface area (TPSA) is 66.8 Å². The maximum absolute atomic E-state index is 13.2. The molecule has 0 aromatic heterocycles. The minimum Gasteiger partial charge on any atom is -0.507 e. The molecular weight excluding hydrogens is 482 g/mol. The quantitative estimate of drug-likeness (QED) is 0.249. The van der Waals surface area contributed by atoms with Gasteiger partial charge in [-0.25, -0.2) is 0 Å². The van der Waals surface area contributed by atoms with Crippen molar-refractivity contribution in [2.75, 3.05) is 11.5 Å². The van der Waals surface area contributed by atoms with E-state index in [1.165, 1.54) is 4.90 Å². The second-order valence-corrected chi connectivity index (χ2v) is 9.20. The number of nitrogens with zero attached hydrogens (tertiary/aromatic N) is 1. The van der Waals surface area contributed by atoms with E-state index < -0.39 is 17.7 Å². The fourth-order valence-corrected chi connectivity index (χ4v) is 4.04. The number of rotatable bonds is 6. The molecule has 0 aliphatic carbocycles. The summed E-state index contributed by atoms with van der Waals surface area (Å²) in [6, 6.07) is 22.6. The summed E-state index contributed by atoms with van der Waals surface area (Å²) in [6.45, 7) is 4.71. The molecule has 1 heterocycles. The molecule has 1 saturated heterocycles. The number of carbonyl (C=O) groups excluding carboxylic acids is 2. The molecular formula is C27H24BrNO4. The largest absolute Gasteiger partial charge is 0.507 e. The minimum atomic E-state index is -0.746. The Bertz CT molecular complexity index is 1190. The molecule has 1 amide bonds. The van der Waals surface area contributed by atoms with Gasteiger partial charge in [0.15, 0.2) is 0 Å². The smallest absolute Gasteiger partial charge is 0.300 e. The number of Topliss-reactive ketones (excluding diaryl/α,β-unsaturated/α-hetero) is 1. The highest BCUT2D eigenvalue weighted by Crippen LogP contribution is 2.42. The SMILES string of the molecule is CC(C)COc1ccc(/C(O)=C2\C(=O)C(=O)N(c3ccc(Br)cc3)C2c2ccccc2)cc1. The Morgan fingerprint density at radius 2 is 1.61 bits per heavy atom. The van der Waals surface area contributed by atoms with Crippen LogP contribution in [0.5, 0.6) is 5.75 Å². The van der Waals surface area contributed by atoms with Gasteiger partial charge in [0.25, 0.3) is 11.7 Å². The van der Waals surface area contributed by atoms with Crippen molar-refractivity contribution < 1.29 is 19.4 Å². The number of aliphatic hydroxyl groups is 1. The molecule has 3 aromatic carbocycles. The highest BCUT2D eigenvalue weighted by molar-refractivity contribution is 9.10. The molecule has 0 saturated carbocycles. The minimum absolute atomic E-state index is 0.0602. The summed E-state index contributed by atoms with van der Waals surface area (Å²) in [5.41, 5.74) is 1.82. The van der Waals surface area contributed by atoms with Crippen LogP contribution < -0.4 is 9.64 Å². The summed E-state index contributed by atoms with van der Waals surface area (Å²) in [5, 5.41) is 11.2. The molecule has 1 aliphatic rings. The van der Waals surface area contributed by atoms with E-state index in [0.29, 0.717) is 29.5 Å². The summed E-state index contributed by atoms with van der Waals surface area (Å²) in [4.78, 5) is 27.7. The number of ether oxygens (including phenoxy) is 1. The summed E-state index contributed by atoms with van der Waals surface area (Å²) >= 11 is 3.40. The number of aliphatic hydroxyl groups excluding tert-OH is 1. The predicted octanol–water partition coefficient (Wildman–Crippen LogP) is 6.11. The van der Waals surface area contributed by atoms with Crippen LogP contribution in [0.25, 0.3) is 5.76 Å². The van der Waals surface area contributed by atoms with Crippen LogP contribution in [0.2, 0.25) is 0 Å². The van der Waals surface area contributed by atoms with Crippen molar-refractivity contribution in [2.24, 2.45) is 5.92 Å². The average molecular weight is 506 g/mol. The van der Waals surface area contributed by atoms with Crippen molar-refractivity contribution in [2.45, 2.75) is 19.9 Å². The maximum atomic E-state index is 13.2. The van der Waals surface area contributed by atoms with Gasteiger partial charge in [-0.2, -0.15) is 0 Å². The van der Waals surface area contributed by atoms with E-state index in [1.807, 2.05) is 42.5 Å². The third-order valence-electron chi connectivity index (χ3n) is 5.38. The van der Waals surface area contributed by atoms with Crippen LogP contribution in [0.4, 0.5) is 5.69 Å². The third-order valence-corrected chi connectivity index (χ3v) is 5.90. The molecule has 1 fully saturated rings. The maximum Gasteiger partial charge on any atom is 0.300 e. The van der Waals surface area contributed by atoms with Crippen molar-refractivity contribution in [1.29, 1.82) is 0 Å². The van der Waals surface area contributed by atoms with Gasteiger partial charge in [0.05, 0.1) is 18.2 Å². The fourth-order valence-electron chi connectivity index (χ4n) is 3.78. The van der Waals surface area contributed by atoms with Crippen LogP contribution in [0.1, 0.15) is 31.0 Å². The zero-order valence-electron chi connectivity index (χ0n) is 18.4. The lowest BCUT2D eigenvalue weighted by molar-refractivity contribution is -0.132. The summed E-state index contributed by atoms with van der Waals surface area (Å²) in [6.07, 6.45) is 0. The van der Waals surface area contributed by atoms with Gasteiger partial charge in [-0.05, 0) is 60.0 Å². The first-order valence-electron chi connectivity index (χ1n) is 10.7. The monoisotopic (exact) mass is 505 g/mol. The van der Waals surface area contributed by atoms with Crippen molar-refractivity contribution in [3.63, 3.8) is 0 Å². The van der Waals surface area contributed by atoms with Crippen LogP contribution in [0, 0.1) is 5.92 Å². The zero-order valence-corrected chi connectivity index (χ0v) is 20.0. The lowest BCUT2D eigenvalue weighted by Gasteiger charge is -2.25. The molecule has 4 rings (SSSR count). The lowest BCUT2D eigenvalue weighted by atomic mass is 9.95. The Hall–Kier alpha value is -3.38. The molecule has 1 aliphatic heterocycles. The normalized spacial score (nSPS) is 17.6. The second kappa shape index (κ2) is 9.63. The van der Waals surface area contributed by atoms with Crippen LogP contribution in [0.15, 0.2) is 88.9 Å². The highest BCUT2D eigenvalue weighted by atomic mass is 79.9. The zero-order chi connectivity index (χ0) is 23.5. The van der Waals surface area contributed by atoms with E-state index in [9.17, 15) is 14.7 Å². The van der Waals surface area contributed by atoms with Gasteiger partial charge in [-0.1, -0.05) is 60.1 Å². The van der Waals surface area contributed by atoms with E-state index in [4.69, 9.17) is 4.74 Å². The molecule has 0 bridgehead atoms. The summed E-state index contributed by atoms with van der Waals surface area (Å²) in [7, 11) is 0. The molecule has 5 nitrogen and oxygen atoms in total. The van der Waals surface area contributed by atoms with Crippen molar-refractivity contribution >= 4 is 39.1 Å². The fraction of sp³-hybridized carbons (Fsp3) is 0.185. The number of hydrogen-bond acceptors (Lipinski definition) is 4. The predicted molar refractivity (Wildman–Crippen MR) is 132 cm³/mol. The van der Waals surface area contributed by atoms with Crippen LogP contribution in [-0.2, 0) is 9.59 Å². The Labute approximate surface area is 201 Å². The highest BCUT2D eigenvalue weighted by Gasteiger charge is 2.46. The van der Waals surface area contributed by atoms with Crippen LogP contribution in [0.3, 0.4) is 0 Å². The first kappa shape index (κ1) is 22.8. The van der Waals surface area contributed by atoms with Crippen LogP contribution in [-0.4, -0.2) is 23.4 Å². The Morgan fingerprint density at radius 3 is 2.21 bits per heavy atom. The summed E-state index contributed by atoms with van der Waals surface area (Å²) in [5.74, 6) is -0.542. The number of ketones is 1. The number of halogens is 1. The van der Waals surface area contributed by atoms with E-state index in [-0.39, 0.29) is 11.3 Å². The molecule has 1 atom stereocenters. The van der Waals surface area contributed by atoms with Crippen molar-refractivity contribution in [1.82, 2.24) is 0 Å². The van der Waals surface area contributed by atoms with E-state index in [1.54, 1.807) is 36.4 Å². The van der Waals surface area contributed by atoms with E-state index >= 15 is 0 Å². The van der Waals surface area contributed by atoms with E-state index in [0.717, 1.165) is 10.0 Å². The average Bonchev–Trinajstić information content (AvgIpc) is 3.09. The van der Waals surface area contributed by atoms with Gasteiger partial charge >= 0.3 is 0 Å². The molecule has 1 N–H and O–H groups in total. The molecule has 168 valence electrons. The molecule has 33 heavy (non-hydrogen) atoms. The standard InChI is InChI=1S/C27H24BrNO4/c1-17(2)16-33-22-14-8-19(9-15-22)25(30)23-24(18-6-4-3-5-7-18)29(27(32)26(23)31)21-12-10-20(28)11-13-21/h3-15,17,24,30H,16H2,1-2H3/b25-23+. The van der Waals surface area contributed by atoms with Gasteiger partial charge in [-0.3, -0.25) is 14.5 Å². The van der Waals surface area contributed by atoms with E-state index in [2.05, 4.69) is 29.8 Å². The van der Waals surface area contributed by atoms with Gasteiger partial charge in [0, 0.05) is 15.7 Å². The third kappa shape index (κ3) is 4.71. The molecule has 1 unspecified atom stereocenters. The molecule has 0 spiro atoms. The molecule has 6 heteroatoms. The van der Waals surface area contributed by atoms with Gasteiger partial charge in [-0.15, -0.1) is 0 Å². The first-order chi connectivity index (χ1) is 15.9. The number of anilines is 1. The molecule has 0 radical (unpaired) electrons. The second-order valence-electron chi connectivity index (χ2n) is 8.29. The van der Waals surface area contributed by atoms with Gasteiger partial charge in [0.1, 0.15) is 11.5 Å². The first-order valence-corrected chi connectivity index (χ1v) is 11.5. The van der Waals surface area contributed by atoms with Crippen molar-refractivity contribution in [3.8, 4) is 5.75 Å².